The van der Waals surface area contributed by atoms with Crippen molar-refractivity contribution in [2.45, 2.75) is 26.4 Å². The van der Waals surface area contributed by atoms with Gasteiger partial charge in [-0.15, -0.1) is 0 Å². The predicted octanol–water partition coefficient (Wildman–Crippen LogP) is 2.96. The largest absolute Gasteiger partial charge is 0.370 e. The van der Waals surface area contributed by atoms with Gasteiger partial charge in [-0.1, -0.05) is 13.0 Å². The lowest BCUT2D eigenvalue weighted by Gasteiger charge is -2.14. The van der Waals surface area contributed by atoms with Crippen molar-refractivity contribution in [3.05, 3.63) is 35.4 Å². The van der Waals surface area contributed by atoms with Gasteiger partial charge in [0.05, 0.1) is 5.56 Å². The fraction of sp³-hybridized carbons (Fsp3) is 0.417. The Bertz CT molecular complexity index is 357. The summed E-state index contributed by atoms with van der Waals surface area (Å²) < 4.78 is 31.8. The number of ether oxygens (including phenoxy) is 1. The van der Waals surface area contributed by atoms with Crippen LogP contribution in [0, 0.1) is 11.6 Å². The smallest absolute Gasteiger partial charge is 0.197 e. The minimum absolute atomic E-state index is 0.334. The first kappa shape index (κ1) is 12.8. The van der Waals surface area contributed by atoms with Gasteiger partial charge in [-0.3, -0.25) is 4.79 Å². The van der Waals surface area contributed by atoms with Crippen molar-refractivity contribution in [3.63, 3.8) is 0 Å². The highest BCUT2D eigenvalue weighted by molar-refractivity contribution is 5.99. The molecule has 1 unspecified atom stereocenters. The van der Waals surface area contributed by atoms with Crippen LogP contribution in [-0.4, -0.2) is 18.5 Å². The molecular formula is C12H14F2O2. The van der Waals surface area contributed by atoms with E-state index in [0.29, 0.717) is 13.0 Å². The summed E-state index contributed by atoms with van der Waals surface area (Å²) in [5.41, 5.74) is -0.511. The van der Waals surface area contributed by atoms with Gasteiger partial charge in [0.1, 0.15) is 17.7 Å². The lowest BCUT2D eigenvalue weighted by Crippen LogP contribution is -2.25. The van der Waals surface area contributed by atoms with Crippen LogP contribution < -0.4 is 0 Å². The average molecular weight is 228 g/mol. The maximum atomic E-state index is 13.3. The van der Waals surface area contributed by atoms with E-state index in [1.54, 1.807) is 13.8 Å². The molecule has 0 amide bonds. The van der Waals surface area contributed by atoms with E-state index >= 15 is 0 Å². The van der Waals surface area contributed by atoms with E-state index in [0.717, 1.165) is 12.1 Å². The number of carbonyl (C=O) groups excluding carboxylic acids is 1. The molecule has 1 aromatic carbocycles. The van der Waals surface area contributed by atoms with Crippen molar-refractivity contribution in [2.75, 3.05) is 6.61 Å². The minimum Gasteiger partial charge on any atom is -0.370 e. The van der Waals surface area contributed by atoms with Gasteiger partial charge in [-0.2, -0.15) is 0 Å². The maximum Gasteiger partial charge on any atom is 0.197 e. The maximum absolute atomic E-state index is 13.3. The van der Waals surface area contributed by atoms with Crippen molar-refractivity contribution in [2.24, 2.45) is 0 Å². The fourth-order valence-corrected chi connectivity index (χ4v) is 1.47. The minimum atomic E-state index is -0.844. The Kier molecular flexibility index (Phi) is 4.55. The topological polar surface area (TPSA) is 26.3 Å². The highest BCUT2D eigenvalue weighted by atomic mass is 19.1. The standard InChI is InChI=1S/C12H14F2O2/c1-3-10(16-4-2)12(15)11-8(13)6-5-7-9(11)14/h5-7,10H,3-4H2,1-2H3. The molecule has 0 heterocycles. The number of benzene rings is 1. The van der Waals surface area contributed by atoms with Crippen molar-refractivity contribution in [1.29, 1.82) is 0 Å². The first-order chi connectivity index (χ1) is 7.61. The van der Waals surface area contributed by atoms with E-state index in [1.807, 2.05) is 0 Å². The summed E-state index contributed by atoms with van der Waals surface area (Å²) in [4.78, 5) is 11.8. The summed E-state index contributed by atoms with van der Waals surface area (Å²) in [7, 11) is 0. The molecule has 0 bridgehead atoms. The zero-order valence-electron chi connectivity index (χ0n) is 9.30. The fourth-order valence-electron chi connectivity index (χ4n) is 1.47. The van der Waals surface area contributed by atoms with Crippen molar-refractivity contribution < 1.29 is 18.3 Å². The Morgan fingerprint density at radius 2 is 1.88 bits per heavy atom. The van der Waals surface area contributed by atoms with Crippen molar-refractivity contribution in [3.8, 4) is 0 Å². The van der Waals surface area contributed by atoms with Gasteiger partial charge >= 0.3 is 0 Å². The number of Topliss-reactive ketones (excluding diaryl/α,β-unsaturated/α-hetero) is 1. The van der Waals surface area contributed by atoms with Crippen molar-refractivity contribution in [1.82, 2.24) is 0 Å². The number of ketones is 1. The molecule has 0 N–H and O–H groups in total. The third-order valence-electron chi connectivity index (χ3n) is 2.24. The van der Waals surface area contributed by atoms with E-state index in [1.165, 1.54) is 6.07 Å². The molecule has 2 nitrogen and oxygen atoms in total. The van der Waals surface area contributed by atoms with Gasteiger partial charge < -0.3 is 4.74 Å². The number of hydrogen-bond acceptors (Lipinski definition) is 2. The third kappa shape index (κ3) is 2.64. The summed E-state index contributed by atoms with van der Waals surface area (Å²) in [6.07, 6.45) is -0.392. The Labute approximate surface area is 93.2 Å². The molecule has 0 saturated carbocycles. The van der Waals surface area contributed by atoms with Gasteiger partial charge in [-0.25, -0.2) is 8.78 Å². The van der Waals surface area contributed by atoms with E-state index < -0.39 is 29.1 Å². The van der Waals surface area contributed by atoms with Crippen LogP contribution in [0.15, 0.2) is 18.2 Å². The first-order valence-corrected chi connectivity index (χ1v) is 5.21. The molecule has 0 spiro atoms. The molecule has 1 atom stereocenters. The molecule has 88 valence electrons. The van der Waals surface area contributed by atoms with E-state index in [4.69, 9.17) is 4.74 Å². The number of rotatable bonds is 5. The molecule has 1 rings (SSSR count). The third-order valence-corrected chi connectivity index (χ3v) is 2.24. The second-order valence-corrected chi connectivity index (χ2v) is 3.31. The van der Waals surface area contributed by atoms with Crippen LogP contribution in [-0.2, 0) is 4.74 Å². The van der Waals surface area contributed by atoms with Gasteiger partial charge in [0, 0.05) is 6.61 Å². The predicted molar refractivity (Wildman–Crippen MR) is 56.4 cm³/mol. The van der Waals surface area contributed by atoms with Gasteiger partial charge in [0.15, 0.2) is 5.78 Å². The van der Waals surface area contributed by atoms with E-state index in [2.05, 4.69) is 0 Å². The molecule has 0 aliphatic heterocycles. The molecular weight excluding hydrogens is 214 g/mol. The normalized spacial score (nSPS) is 12.5. The molecule has 0 aliphatic carbocycles. The van der Waals surface area contributed by atoms with Crippen LogP contribution in [0.5, 0.6) is 0 Å². The van der Waals surface area contributed by atoms with E-state index in [9.17, 15) is 13.6 Å². The molecule has 0 aliphatic rings. The lowest BCUT2D eigenvalue weighted by molar-refractivity contribution is 0.0436. The molecule has 4 heteroatoms. The summed E-state index contributed by atoms with van der Waals surface area (Å²) in [5.74, 6) is -2.33. The SMILES string of the molecule is CCOC(CC)C(=O)c1c(F)cccc1F. The second-order valence-electron chi connectivity index (χ2n) is 3.31. The van der Waals surface area contributed by atoms with Crippen LogP contribution in [0.4, 0.5) is 8.78 Å². The van der Waals surface area contributed by atoms with Crippen LogP contribution in [0.3, 0.4) is 0 Å². The monoisotopic (exact) mass is 228 g/mol. The van der Waals surface area contributed by atoms with Gasteiger partial charge in [0.2, 0.25) is 0 Å². The van der Waals surface area contributed by atoms with Crippen LogP contribution in [0.2, 0.25) is 0 Å². The first-order valence-electron chi connectivity index (χ1n) is 5.21. The summed E-state index contributed by atoms with van der Waals surface area (Å²) >= 11 is 0. The number of hydrogen-bond donors (Lipinski definition) is 0. The number of carbonyl (C=O) groups is 1. The van der Waals surface area contributed by atoms with Gasteiger partial charge in [0.25, 0.3) is 0 Å². The Balaban J connectivity index is 3.03. The Morgan fingerprint density at radius 3 is 2.31 bits per heavy atom. The highest BCUT2D eigenvalue weighted by Gasteiger charge is 2.24. The van der Waals surface area contributed by atoms with Crippen LogP contribution >= 0.6 is 0 Å². The second kappa shape index (κ2) is 5.70. The molecule has 0 radical (unpaired) electrons. The summed E-state index contributed by atoms with van der Waals surface area (Å²) in [6, 6.07) is 3.35. The Morgan fingerprint density at radius 1 is 1.31 bits per heavy atom. The summed E-state index contributed by atoms with van der Waals surface area (Å²) in [5, 5.41) is 0. The molecule has 0 fully saturated rings. The lowest BCUT2D eigenvalue weighted by atomic mass is 10.0. The molecule has 16 heavy (non-hydrogen) atoms. The molecule has 0 aromatic heterocycles. The zero-order valence-corrected chi connectivity index (χ0v) is 9.30. The molecule has 1 aromatic rings. The van der Waals surface area contributed by atoms with Crippen molar-refractivity contribution >= 4 is 5.78 Å². The van der Waals surface area contributed by atoms with Gasteiger partial charge in [-0.05, 0) is 25.5 Å². The van der Waals surface area contributed by atoms with E-state index in [-0.39, 0.29) is 0 Å². The number of halogens is 2. The molecule has 0 saturated heterocycles. The Hall–Kier alpha value is -1.29. The zero-order chi connectivity index (χ0) is 12.1. The van der Waals surface area contributed by atoms with Crippen LogP contribution in [0.1, 0.15) is 30.6 Å². The van der Waals surface area contributed by atoms with Crippen LogP contribution in [0.25, 0.3) is 0 Å². The highest BCUT2D eigenvalue weighted by Crippen LogP contribution is 2.16. The summed E-state index contributed by atoms with van der Waals surface area (Å²) in [6.45, 7) is 3.80. The average Bonchev–Trinajstić information content (AvgIpc) is 2.25. The quantitative estimate of drug-likeness (QED) is 0.724.